The molecule has 0 unspecified atom stereocenters. The average molecular weight is 350 g/mol. The monoisotopic (exact) mass is 350 g/mol. The van der Waals surface area contributed by atoms with E-state index in [1.165, 1.54) is 21.8 Å². The second-order valence-electron chi connectivity index (χ2n) is 5.94. The molecular weight excluding hydrogens is 334 g/mol. The third-order valence-corrected chi connectivity index (χ3v) is 5.25. The molecule has 0 spiro atoms. The fourth-order valence-corrected chi connectivity index (χ4v) is 3.84. The molecule has 7 heteroatoms. The largest absolute Gasteiger partial charge is 0.279 e. The predicted molar refractivity (Wildman–Crippen MR) is 86.8 cm³/mol. The zero-order valence-electron chi connectivity index (χ0n) is 13.0. The first kappa shape index (κ1) is 16.6. The summed E-state index contributed by atoms with van der Waals surface area (Å²) >= 11 is 1.41. The molecule has 1 aromatic carbocycles. The Kier molecular flexibility index (Phi) is 4.62. The summed E-state index contributed by atoms with van der Waals surface area (Å²) in [6, 6.07) is 4.46. The number of halogens is 2. The minimum Gasteiger partial charge on any atom is -0.267 e. The van der Waals surface area contributed by atoms with E-state index < -0.39 is 23.4 Å². The van der Waals surface area contributed by atoms with E-state index >= 15 is 0 Å². The second kappa shape index (κ2) is 6.68. The number of hydrazine groups is 1. The Morgan fingerprint density at radius 2 is 1.92 bits per heavy atom. The molecule has 0 bridgehead atoms. The van der Waals surface area contributed by atoms with Crippen LogP contribution in [0.15, 0.2) is 24.3 Å². The third-order valence-electron chi connectivity index (χ3n) is 4.02. The van der Waals surface area contributed by atoms with Crippen LogP contribution < -0.4 is 10.9 Å². The molecule has 126 valence electrons. The smallest absolute Gasteiger partial charge is 0.267 e. The molecular formula is C17H16F2N2O2S. The van der Waals surface area contributed by atoms with E-state index in [1.54, 1.807) is 0 Å². The Labute approximate surface area is 141 Å². The zero-order valence-corrected chi connectivity index (χ0v) is 13.8. The van der Waals surface area contributed by atoms with Crippen LogP contribution in [0.2, 0.25) is 0 Å². The van der Waals surface area contributed by atoms with Gasteiger partial charge in [-0.1, -0.05) is 6.92 Å². The van der Waals surface area contributed by atoms with Crippen molar-refractivity contribution in [3.8, 4) is 0 Å². The molecule has 2 aromatic rings. The lowest BCUT2D eigenvalue weighted by atomic mass is 9.90. The number of fused-ring (bicyclic) bond motifs is 1. The second-order valence-corrected chi connectivity index (χ2v) is 7.08. The van der Waals surface area contributed by atoms with Gasteiger partial charge >= 0.3 is 0 Å². The van der Waals surface area contributed by atoms with E-state index in [0.29, 0.717) is 16.9 Å². The van der Waals surface area contributed by atoms with Gasteiger partial charge in [0.25, 0.3) is 11.8 Å². The number of amides is 2. The summed E-state index contributed by atoms with van der Waals surface area (Å²) in [5, 5.41) is 0. The minimum absolute atomic E-state index is 0.337. The molecule has 0 fully saturated rings. The van der Waals surface area contributed by atoms with Gasteiger partial charge in [0.1, 0.15) is 11.6 Å². The van der Waals surface area contributed by atoms with Gasteiger partial charge in [-0.15, -0.1) is 11.3 Å². The van der Waals surface area contributed by atoms with Gasteiger partial charge in [0.2, 0.25) is 0 Å². The van der Waals surface area contributed by atoms with Crippen LogP contribution >= 0.6 is 11.3 Å². The average Bonchev–Trinajstić information content (AvgIpc) is 2.95. The van der Waals surface area contributed by atoms with Crippen molar-refractivity contribution in [1.29, 1.82) is 0 Å². The maximum absolute atomic E-state index is 13.5. The van der Waals surface area contributed by atoms with Crippen LogP contribution in [0.5, 0.6) is 0 Å². The summed E-state index contributed by atoms with van der Waals surface area (Å²) in [4.78, 5) is 25.7. The van der Waals surface area contributed by atoms with Gasteiger partial charge < -0.3 is 0 Å². The van der Waals surface area contributed by atoms with Gasteiger partial charge in [-0.2, -0.15) is 0 Å². The van der Waals surface area contributed by atoms with Crippen molar-refractivity contribution in [2.45, 2.75) is 26.2 Å². The fourth-order valence-electron chi connectivity index (χ4n) is 2.73. The molecule has 2 amide bonds. The molecule has 2 N–H and O–H groups in total. The first-order chi connectivity index (χ1) is 11.4. The van der Waals surface area contributed by atoms with Crippen molar-refractivity contribution in [2.24, 2.45) is 5.92 Å². The third kappa shape index (κ3) is 3.46. The Hall–Kier alpha value is -2.28. The topological polar surface area (TPSA) is 58.2 Å². The van der Waals surface area contributed by atoms with Crippen LogP contribution in [0.1, 0.15) is 43.8 Å². The lowest BCUT2D eigenvalue weighted by molar-refractivity contribution is 0.0846. The first-order valence-corrected chi connectivity index (χ1v) is 8.43. The molecule has 0 radical (unpaired) electrons. The van der Waals surface area contributed by atoms with E-state index in [1.807, 2.05) is 6.07 Å². The van der Waals surface area contributed by atoms with Crippen molar-refractivity contribution in [3.63, 3.8) is 0 Å². The van der Waals surface area contributed by atoms with E-state index in [0.717, 1.165) is 31.4 Å². The van der Waals surface area contributed by atoms with E-state index in [2.05, 4.69) is 17.8 Å². The summed E-state index contributed by atoms with van der Waals surface area (Å²) < 4.78 is 26.4. The van der Waals surface area contributed by atoms with Crippen LogP contribution in [0.4, 0.5) is 8.78 Å². The van der Waals surface area contributed by atoms with E-state index in [-0.39, 0.29) is 5.56 Å². The molecule has 0 aliphatic heterocycles. The SMILES string of the molecule is C[C@@H]1CCc2sc(C(=O)NNC(=O)c3ccc(F)cc3F)cc2C1. The van der Waals surface area contributed by atoms with Crippen LogP contribution in [0.25, 0.3) is 0 Å². The lowest BCUT2D eigenvalue weighted by Gasteiger charge is -2.16. The summed E-state index contributed by atoms with van der Waals surface area (Å²) in [6.45, 7) is 2.18. The number of nitrogens with one attached hydrogen (secondary N) is 2. The van der Waals surface area contributed by atoms with Crippen molar-refractivity contribution in [3.05, 3.63) is 56.8 Å². The fraction of sp³-hybridized carbons (Fsp3) is 0.294. The molecule has 3 rings (SSSR count). The molecule has 0 saturated heterocycles. The Bertz CT molecular complexity index is 804. The number of carbonyl (C=O) groups excluding carboxylic acids is 2. The molecule has 0 saturated carbocycles. The summed E-state index contributed by atoms with van der Waals surface area (Å²) in [5.74, 6) is -2.44. The molecule has 1 atom stereocenters. The number of carbonyl (C=O) groups is 2. The van der Waals surface area contributed by atoms with E-state index in [9.17, 15) is 18.4 Å². The molecule has 4 nitrogen and oxygen atoms in total. The highest BCUT2D eigenvalue weighted by atomic mass is 32.1. The zero-order chi connectivity index (χ0) is 17.3. The normalized spacial score (nSPS) is 16.4. The number of rotatable bonds is 2. The Balaban J connectivity index is 1.64. The number of hydrogen-bond donors (Lipinski definition) is 2. The van der Waals surface area contributed by atoms with Gasteiger partial charge in [0.15, 0.2) is 0 Å². The van der Waals surface area contributed by atoms with Gasteiger partial charge in [-0.05, 0) is 48.9 Å². The van der Waals surface area contributed by atoms with Crippen LogP contribution in [0, 0.1) is 17.6 Å². The minimum atomic E-state index is -0.984. The lowest BCUT2D eigenvalue weighted by Crippen LogP contribution is -2.41. The van der Waals surface area contributed by atoms with Crippen molar-refractivity contribution < 1.29 is 18.4 Å². The number of thiophene rings is 1. The van der Waals surface area contributed by atoms with Gasteiger partial charge in [0.05, 0.1) is 10.4 Å². The van der Waals surface area contributed by atoms with Crippen LogP contribution in [0.3, 0.4) is 0 Å². The van der Waals surface area contributed by atoms with Crippen molar-refractivity contribution >= 4 is 23.2 Å². The summed E-state index contributed by atoms with van der Waals surface area (Å²) in [7, 11) is 0. The molecule has 24 heavy (non-hydrogen) atoms. The number of aryl methyl sites for hydroxylation is 1. The summed E-state index contributed by atoms with van der Waals surface area (Å²) in [5.41, 5.74) is 5.27. The van der Waals surface area contributed by atoms with Crippen molar-refractivity contribution in [2.75, 3.05) is 0 Å². The highest BCUT2D eigenvalue weighted by Gasteiger charge is 2.21. The maximum Gasteiger partial charge on any atom is 0.279 e. The number of benzene rings is 1. The van der Waals surface area contributed by atoms with Gasteiger partial charge in [-0.25, -0.2) is 8.78 Å². The molecule has 1 heterocycles. The van der Waals surface area contributed by atoms with Gasteiger partial charge in [-0.3, -0.25) is 20.4 Å². The standard InChI is InChI=1S/C17H16F2N2O2S/c1-9-2-5-14-10(6-9)7-15(24-14)17(23)21-20-16(22)12-4-3-11(18)8-13(12)19/h3-4,7-9H,2,5-6H2,1H3,(H,20,22)(H,21,23)/t9-/m1/s1. The Morgan fingerprint density at radius 3 is 2.67 bits per heavy atom. The van der Waals surface area contributed by atoms with E-state index in [4.69, 9.17) is 0 Å². The highest BCUT2D eigenvalue weighted by Crippen LogP contribution is 2.32. The Morgan fingerprint density at radius 1 is 1.17 bits per heavy atom. The van der Waals surface area contributed by atoms with Crippen LogP contribution in [-0.4, -0.2) is 11.8 Å². The predicted octanol–water partition coefficient (Wildman–Crippen LogP) is 3.23. The van der Waals surface area contributed by atoms with Gasteiger partial charge in [0, 0.05) is 10.9 Å². The van der Waals surface area contributed by atoms with Crippen molar-refractivity contribution in [1.82, 2.24) is 10.9 Å². The quantitative estimate of drug-likeness (QED) is 0.817. The molecule has 1 aliphatic carbocycles. The van der Waals surface area contributed by atoms with Crippen LogP contribution in [-0.2, 0) is 12.8 Å². The highest BCUT2D eigenvalue weighted by molar-refractivity contribution is 7.14. The summed E-state index contributed by atoms with van der Waals surface area (Å²) in [6.07, 6.45) is 3.02. The maximum atomic E-state index is 13.5. The molecule has 1 aromatic heterocycles. The number of hydrogen-bond acceptors (Lipinski definition) is 3. The molecule has 1 aliphatic rings. The first-order valence-electron chi connectivity index (χ1n) is 7.61.